The van der Waals surface area contributed by atoms with Crippen molar-refractivity contribution < 1.29 is 22.7 Å². The van der Waals surface area contributed by atoms with Gasteiger partial charge < -0.3 is 4.74 Å². The SMILES string of the molecule is CC(=O)Oc1c(Cl)cc(N(C(C)=O)S(=O)(=O)c2ccc(Cl)cc2)cc1Cl. The Bertz CT molecular complexity index is 951. The zero-order chi connectivity index (χ0) is 19.6. The van der Waals surface area contributed by atoms with E-state index in [1.54, 1.807) is 0 Å². The van der Waals surface area contributed by atoms with Gasteiger partial charge in [0.15, 0.2) is 5.75 Å². The molecular weight excluding hydrogens is 425 g/mol. The van der Waals surface area contributed by atoms with Crippen LogP contribution in [0.3, 0.4) is 0 Å². The molecule has 26 heavy (non-hydrogen) atoms. The second-order valence-electron chi connectivity index (χ2n) is 5.07. The monoisotopic (exact) mass is 435 g/mol. The average molecular weight is 437 g/mol. The topological polar surface area (TPSA) is 80.8 Å². The molecule has 0 bridgehead atoms. The maximum Gasteiger partial charge on any atom is 0.308 e. The maximum atomic E-state index is 12.9. The van der Waals surface area contributed by atoms with Crippen LogP contribution in [0.2, 0.25) is 15.1 Å². The molecule has 138 valence electrons. The molecular formula is C16H12Cl3NO5S. The summed E-state index contributed by atoms with van der Waals surface area (Å²) in [4.78, 5) is 23.0. The molecule has 0 atom stereocenters. The van der Waals surface area contributed by atoms with Gasteiger partial charge in [-0.05, 0) is 36.4 Å². The summed E-state index contributed by atoms with van der Waals surface area (Å²) in [5.74, 6) is -1.57. The Morgan fingerprint density at radius 2 is 1.46 bits per heavy atom. The molecule has 2 rings (SSSR count). The highest BCUT2D eigenvalue weighted by Crippen LogP contribution is 2.38. The molecule has 0 N–H and O–H groups in total. The Morgan fingerprint density at radius 3 is 1.88 bits per heavy atom. The predicted molar refractivity (Wildman–Crippen MR) is 99.6 cm³/mol. The molecule has 0 aliphatic heterocycles. The van der Waals surface area contributed by atoms with Crippen LogP contribution >= 0.6 is 34.8 Å². The Balaban J connectivity index is 2.59. The van der Waals surface area contributed by atoms with E-state index in [2.05, 4.69) is 0 Å². The van der Waals surface area contributed by atoms with Crippen LogP contribution in [0.15, 0.2) is 41.3 Å². The van der Waals surface area contributed by atoms with Crippen LogP contribution in [-0.4, -0.2) is 20.3 Å². The van der Waals surface area contributed by atoms with Gasteiger partial charge in [0.2, 0.25) is 5.91 Å². The first-order chi connectivity index (χ1) is 12.0. The number of hydrogen-bond donors (Lipinski definition) is 0. The van der Waals surface area contributed by atoms with Crippen molar-refractivity contribution in [2.24, 2.45) is 0 Å². The molecule has 6 nitrogen and oxygen atoms in total. The summed E-state index contributed by atoms with van der Waals surface area (Å²) in [6, 6.07) is 7.64. The van der Waals surface area contributed by atoms with E-state index in [0.717, 1.165) is 13.8 Å². The summed E-state index contributed by atoms with van der Waals surface area (Å²) < 4.78 is 31.2. The normalized spacial score (nSPS) is 11.1. The summed E-state index contributed by atoms with van der Waals surface area (Å²) in [5, 5.41) is 0.0932. The molecule has 1 amide bonds. The maximum absolute atomic E-state index is 12.9. The second kappa shape index (κ2) is 7.84. The first-order valence-corrected chi connectivity index (χ1v) is 9.60. The van der Waals surface area contributed by atoms with Gasteiger partial charge in [-0.3, -0.25) is 9.59 Å². The van der Waals surface area contributed by atoms with E-state index in [-0.39, 0.29) is 26.4 Å². The van der Waals surface area contributed by atoms with Crippen molar-refractivity contribution in [2.75, 3.05) is 4.31 Å². The molecule has 0 saturated heterocycles. The number of halogens is 3. The van der Waals surface area contributed by atoms with Crippen LogP contribution in [0.25, 0.3) is 0 Å². The summed E-state index contributed by atoms with van der Waals surface area (Å²) in [6.07, 6.45) is 0. The first-order valence-electron chi connectivity index (χ1n) is 7.03. The van der Waals surface area contributed by atoms with E-state index in [0.29, 0.717) is 9.33 Å². The largest absolute Gasteiger partial charge is 0.424 e. The lowest BCUT2D eigenvalue weighted by molar-refractivity contribution is -0.131. The van der Waals surface area contributed by atoms with E-state index in [4.69, 9.17) is 39.5 Å². The van der Waals surface area contributed by atoms with Crippen LogP contribution in [-0.2, 0) is 19.6 Å². The van der Waals surface area contributed by atoms with Crippen molar-refractivity contribution in [1.82, 2.24) is 0 Å². The van der Waals surface area contributed by atoms with E-state index in [1.165, 1.54) is 36.4 Å². The van der Waals surface area contributed by atoms with Crippen LogP contribution in [0.5, 0.6) is 5.75 Å². The zero-order valence-corrected chi connectivity index (χ0v) is 16.6. The minimum absolute atomic E-state index is 0.0987. The quantitative estimate of drug-likeness (QED) is 0.527. The molecule has 0 saturated carbocycles. The van der Waals surface area contributed by atoms with Crippen molar-refractivity contribution >= 4 is 62.4 Å². The summed E-state index contributed by atoms with van der Waals surface area (Å²) >= 11 is 17.8. The molecule has 0 heterocycles. The summed E-state index contributed by atoms with van der Waals surface area (Å²) in [7, 11) is -4.24. The number of esters is 1. The highest BCUT2D eigenvalue weighted by atomic mass is 35.5. The minimum Gasteiger partial charge on any atom is -0.424 e. The van der Waals surface area contributed by atoms with E-state index in [9.17, 15) is 18.0 Å². The molecule has 0 spiro atoms. The lowest BCUT2D eigenvalue weighted by Crippen LogP contribution is -2.35. The molecule has 0 unspecified atom stereocenters. The number of carbonyl (C=O) groups is 2. The van der Waals surface area contributed by atoms with Crippen LogP contribution in [0, 0.1) is 0 Å². The van der Waals surface area contributed by atoms with Crippen molar-refractivity contribution in [3.63, 3.8) is 0 Å². The third kappa shape index (κ3) is 4.29. The molecule has 0 radical (unpaired) electrons. The number of amides is 1. The van der Waals surface area contributed by atoms with Gasteiger partial charge in [-0.2, -0.15) is 0 Å². The molecule has 10 heteroatoms. The Hall–Kier alpha value is -1.80. The number of nitrogens with zero attached hydrogens (tertiary/aromatic N) is 1. The fourth-order valence-electron chi connectivity index (χ4n) is 2.11. The fraction of sp³-hybridized carbons (Fsp3) is 0.125. The van der Waals surface area contributed by atoms with Gasteiger partial charge in [0.25, 0.3) is 10.0 Å². The number of sulfonamides is 1. The minimum atomic E-state index is -4.24. The van der Waals surface area contributed by atoms with E-state index in [1.807, 2.05) is 0 Å². The van der Waals surface area contributed by atoms with Gasteiger partial charge in [0.05, 0.1) is 20.6 Å². The Labute approximate surface area is 165 Å². The van der Waals surface area contributed by atoms with Gasteiger partial charge in [-0.15, -0.1) is 0 Å². The summed E-state index contributed by atoms with van der Waals surface area (Å²) in [5.41, 5.74) is -0.0987. The number of benzene rings is 2. The second-order valence-corrected chi connectivity index (χ2v) is 8.11. The molecule has 0 aliphatic carbocycles. The van der Waals surface area contributed by atoms with Gasteiger partial charge in [0.1, 0.15) is 0 Å². The first kappa shape index (κ1) is 20.5. The number of ether oxygens (including phenoxy) is 1. The van der Waals surface area contributed by atoms with E-state index >= 15 is 0 Å². The number of hydrogen-bond acceptors (Lipinski definition) is 5. The van der Waals surface area contributed by atoms with Gasteiger partial charge in [-0.1, -0.05) is 34.8 Å². The predicted octanol–water partition coefficient (Wildman–Crippen LogP) is 4.31. The summed E-state index contributed by atoms with van der Waals surface area (Å²) in [6.45, 7) is 2.24. The van der Waals surface area contributed by atoms with Crippen molar-refractivity contribution in [3.05, 3.63) is 51.5 Å². The Kier molecular flexibility index (Phi) is 6.18. The third-order valence-electron chi connectivity index (χ3n) is 3.10. The van der Waals surface area contributed by atoms with Gasteiger partial charge >= 0.3 is 5.97 Å². The van der Waals surface area contributed by atoms with Crippen molar-refractivity contribution in [1.29, 1.82) is 0 Å². The smallest absolute Gasteiger partial charge is 0.308 e. The number of anilines is 1. The third-order valence-corrected chi connectivity index (χ3v) is 5.73. The standard InChI is InChI=1S/C16H12Cl3NO5S/c1-9(21)20(26(23,24)13-5-3-11(17)4-6-13)12-7-14(18)16(15(19)8-12)25-10(2)22/h3-8H,1-2H3. The molecule has 0 aromatic heterocycles. The number of rotatable bonds is 4. The van der Waals surface area contributed by atoms with Crippen molar-refractivity contribution in [2.45, 2.75) is 18.7 Å². The molecule has 2 aromatic carbocycles. The highest BCUT2D eigenvalue weighted by molar-refractivity contribution is 7.93. The van der Waals surface area contributed by atoms with Crippen LogP contribution < -0.4 is 9.04 Å². The van der Waals surface area contributed by atoms with Crippen molar-refractivity contribution in [3.8, 4) is 5.75 Å². The lowest BCUT2D eigenvalue weighted by atomic mass is 10.3. The molecule has 0 fully saturated rings. The molecule has 0 aliphatic rings. The van der Waals surface area contributed by atoms with Crippen LogP contribution in [0.4, 0.5) is 5.69 Å². The molecule has 2 aromatic rings. The van der Waals surface area contributed by atoms with Gasteiger partial charge in [0, 0.05) is 18.9 Å². The number of carbonyl (C=O) groups excluding carboxylic acids is 2. The fourth-order valence-corrected chi connectivity index (χ4v) is 4.20. The lowest BCUT2D eigenvalue weighted by Gasteiger charge is -2.22. The zero-order valence-electron chi connectivity index (χ0n) is 13.5. The van der Waals surface area contributed by atoms with Crippen LogP contribution in [0.1, 0.15) is 13.8 Å². The van der Waals surface area contributed by atoms with Gasteiger partial charge in [-0.25, -0.2) is 12.7 Å². The average Bonchev–Trinajstić information content (AvgIpc) is 2.50. The Morgan fingerprint density at radius 1 is 0.962 bits per heavy atom. The highest BCUT2D eigenvalue weighted by Gasteiger charge is 2.30. The van der Waals surface area contributed by atoms with E-state index < -0.39 is 21.9 Å².